The van der Waals surface area contributed by atoms with Gasteiger partial charge in [-0.15, -0.1) is 11.3 Å². The fraction of sp³-hybridized carbons (Fsp3) is 0.708. The van der Waals surface area contributed by atoms with Crippen LogP contribution in [0.2, 0.25) is 0 Å². The molecule has 1 N–H and O–H groups in total. The Bertz CT molecular complexity index is 961. The van der Waals surface area contributed by atoms with Gasteiger partial charge in [0.25, 0.3) is 0 Å². The predicted octanol–water partition coefficient (Wildman–Crippen LogP) is 3.97. The molecule has 4 heterocycles. The van der Waals surface area contributed by atoms with Gasteiger partial charge in [0, 0.05) is 56.6 Å². The van der Waals surface area contributed by atoms with E-state index in [4.69, 9.17) is 9.97 Å². The number of thiophene rings is 1. The molecule has 8 heteroatoms. The molecule has 1 saturated heterocycles. The largest absolute Gasteiger partial charge is 0.352 e. The Morgan fingerprint density at radius 1 is 1.06 bits per heavy atom. The fourth-order valence-electron chi connectivity index (χ4n) is 5.47. The average Bonchev–Trinajstić information content (AvgIpc) is 3.22. The second-order valence-corrected chi connectivity index (χ2v) is 10.4. The van der Waals surface area contributed by atoms with Crippen LogP contribution in [0.1, 0.15) is 68.1 Å². The Labute approximate surface area is 195 Å². The van der Waals surface area contributed by atoms with Gasteiger partial charge in [0.2, 0.25) is 0 Å². The van der Waals surface area contributed by atoms with Crippen molar-refractivity contribution in [2.75, 3.05) is 50.7 Å². The summed E-state index contributed by atoms with van der Waals surface area (Å²) in [4.78, 5) is 32.3. The van der Waals surface area contributed by atoms with Crippen molar-refractivity contribution >= 4 is 33.4 Å². The van der Waals surface area contributed by atoms with Crippen LogP contribution in [0.15, 0.2) is 0 Å². The Kier molecular flexibility index (Phi) is 6.51. The predicted molar refractivity (Wildman–Crippen MR) is 131 cm³/mol. The third-order valence-electron chi connectivity index (χ3n) is 7.39. The number of hydrogen-bond donors (Lipinski definition) is 1. The Hall–Kier alpha value is -1.93. The van der Waals surface area contributed by atoms with Crippen molar-refractivity contribution in [2.24, 2.45) is 0 Å². The summed E-state index contributed by atoms with van der Waals surface area (Å²) in [5.74, 6) is 2.69. The third-order valence-corrected chi connectivity index (χ3v) is 8.50. The minimum absolute atomic E-state index is 0.0513. The molecule has 2 amide bonds. The van der Waals surface area contributed by atoms with Crippen LogP contribution in [0, 0.1) is 0 Å². The average molecular weight is 457 g/mol. The molecule has 1 aliphatic carbocycles. The number of carbonyl (C=O) groups is 1. The van der Waals surface area contributed by atoms with E-state index in [2.05, 4.69) is 22.0 Å². The number of nitrogens with one attached hydrogen (secondary N) is 1. The van der Waals surface area contributed by atoms with Gasteiger partial charge >= 0.3 is 6.03 Å². The van der Waals surface area contributed by atoms with Gasteiger partial charge in [0.15, 0.2) is 0 Å². The topological polar surface area (TPSA) is 64.6 Å². The number of aromatic nitrogens is 2. The van der Waals surface area contributed by atoms with E-state index >= 15 is 0 Å². The molecule has 2 aliphatic heterocycles. The van der Waals surface area contributed by atoms with Crippen LogP contribution >= 0.6 is 11.3 Å². The van der Waals surface area contributed by atoms with Gasteiger partial charge in [-0.1, -0.05) is 26.2 Å². The lowest BCUT2D eigenvalue weighted by Crippen LogP contribution is -2.52. The maximum atomic E-state index is 12.3. The van der Waals surface area contributed by atoms with Crippen molar-refractivity contribution in [2.45, 2.75) is 64.8 Å². The summed E-state index contributed by atoms with van der Waals surface area (Å²) in [7, 11) is 0. The highest BCUT2D eigenvalue weighted by Gasteiger charge is 2.30. The van der Waals surface area contributed by atoms with Crippen LogP contribution in [-0.2, 0) is 13.0 Å². The highest BCUT2D eigenvalue weighted by Crippen LogP contribution is 2.41. The number of nitrogens with zero attached hydrogens (tertiary/aromatic N) is 5. The highest BCUT2D eigenvalue weighted by molar-refractivity contribution is 7.19. The van der Waals surface area contributed by atoms with E-state index in [1.54, 1.807) is 0 Å². The second-order valence-electron chi connectivity index (χ2n) is 9.35. The molecule has 2 fully saturated rings. The summed E-state index contributed by atoms with van der Waals surface area (Å²) < 4.78 is 0. The van der Waals surface area contributed by atoms with Gasteiger partial charge in [-0.2, -0.15) is 0 Å². The maximum absolute atomic E-state index is 12.3. The molecule has 1 saturated carbocycles. The first kappa shape index (κ1) is 21.9. The maximum Gasteiger partial charge on any atom is 0.317 e. The van der Waals surface area contributed by atoms with Crippen LogP contribution in [0.4, 0.5) is 10.6 Å². The minimum Gasteiger partial charge on any atom is -0.352 e. The van der Waals surface area contributed by atoms with E-state index in [9.17, 15) is 4.79 Å². The number of hydrogen-bond acceptors (Lipinski definition) is 6. The number of fused-ring (bicyclic) bond motifs is 3. The van der Waals surface area contributed by atoms with E-state index in [1.807, 2.05) is 23.2 Å². The molecule has 0 radical (unpaired) electrons. The van der Waals surface area contributed by atoms with Crippen molar-refractivity contribution in [3.63, 3.8) is 0 Å². The zero-order chi connectivity index (χ0) is 22.1. The van der Waals surface area contributed by atoms with E-state index in [1.165, 1.54) is 52.8 Å². The molecule has 2 aromatic heterocycles. The lowest BCUT2D eigenvalue weighted by Gasteiger charge is -2.36. The fourth-order valence-corrected chi connectivity index (χ4v) is 6.73. The number of piperazine rings is 1. The van der Waals surface area contributed by atoms with Gasteiger partial charge in [0.1, 0.15) is 16.5 Å². The number of urea groups is 1. The standard InChI is InChI=1S/C24H36N6OS/c1-3-25-24(31)30-14-12-29(13-15-30)22-20-18-10-11-28(4-2)16-19(18)32-23(20)27-21(26-22)17-8-6-5-7-9-17/h17H,3-16H2,1-2H3,(H,25,31). The quantitative estimate of drug-likeness (QED) is 0.754. The van der Waals surface area contributed by atoms with Gasteiger partial charge in [-0.05, 0) is 38.3 Å². The van der Waals surface area contributed by atoms with Crippen molar-refractivity contribution in [1.29, 1.82) is 0 Å². The van der Waals surface area contributed by atoms with E-state index in [-0.39, 0.29) is 6.03 Å². The Morgan fingerprint density at radius 2 is 1.84 bits per heavy atom. The lowest BCUT2D eigenvalue weighted by atomic mass is 9.88. The van der Waals surface area contributed by atoms with E-state index in [0.717, 1.165) is 63.9 Å². The van der Waals surface area contributed by atoms with Gasteiger partial charge in [0.05, 0.1) is 5.39 Å². The molecule has 3 aliphatic rings. The lowest BCUT2D eigenvalue weighted by molar-refractivity contribution is 0.195. The van der Waals surface area contributed by atoms with Crippen molar-refractivity contribution in [3.05, 3.63) is 16.3 Å². The number of carbonyl (C=O) groups excluding carboxylic acids is 1. The monoisotopic (exact) mass is 456 g/mol. The summed E-state index contributed by atoms with van der Waals surface area (Å²) in [6.45, 7) is 11.3. The zero-order valence-corrected chi connectivity index (χ0v) is 20.3. The number of rotatable bonds is 4. The molecule has 32 heavy (non-hydrogen) atoms. The normalized spacial score (nSPS) is 20.6. The summed E-state index contributed by atoms with van der Waals surface area (Å²) in [6.07, 6.45) is 7.43. The first-order valence-electron chi connectivity index (χ1n) is 12.5. The van der Waals surface area contributed by atoms with Crippen LogP contribution in [0.3, 0.4) is 0 Å². The molecule has 0 unspecified atom stereocenters. The summed E-state index contributed by atoms with van der Waals surface area (Å²) in [6, 6.07) is 0.0513. The molecule has 0 spiro atoms. The summed E-state index contributed by atoms with van der Waals surface area (Å²) in [5.41, 5.74) is 1.48. The molecule has 2 aromatic rings. The number of anilines is 1. The summed E-state index contributed by atoms with van der Waals surface area (Å²) >= 11 is 1.89. The third kappa shape index (κ3) is 4.19. The molecule has 174 valence electrons. The first-order valence-corrected chi connectivity index (χ1v) is 13.3. The number of amides is 2. The van der Waals surface area contributed by atoms with Crippen LogP contribution in [-0.4, -0.2) is 71.6 Å². The SMILES string of the molecule is CCNC(=O)N1CCN(c2nc(C3CCCCC3)nc3sc4c(c23)CCN(CC)C4)CC1. The molecule has 0 bridgehead atoms. The molecular formula is C24H36N6OS. The molecule has 7 nitrogen and oxygen atoms in total. The van der Waals surface area contributed by atoms with Crippen molar-refractivity contribution in [1.82, 2.24) is 25.1 Å². The van der Waals surface area contributed by atoms with Crippen molar-refractivity contribution < 1.29 is 4.79 Å². The van der Waals surface area contributed by atoms with Crippen LogP contribution in [0.5, 0.6) is 0 Å². The molecular weight excluding hydrogens is 420 g/mol. The Morgan fingerprint density at radius 3 is 2.56 bits per heavy atom. The Balaban J connectivity index is 1.49. The van der Waals surface area contributed by atoms with Crippen LogP contribution in [0.25, 0.3) is 10.2 Å². The molecule has 0 atom stereocenters. The van der Waals surface area contributed by atoms with Gasteiger partial charge < -0.3 is 15.1 Å². The first-order chi connectivity index (χ1) is 15.7. The van der Waals surface area contributed by atoms with Crippen molar-refractivity contribution in [3.8, 4) is 0 Å². The number of likely N-dealkylation sites (N-methyl/N-ethyl adjacent to an activating group) is 1. The van der Waals surface area contributed by atoms with E-state index in [0.29, 0.717) is 12.5 Å². The smallest absolute Gasteiger partial charge is 0.317 e. The van der Waals surface area contributed by atoms with Gasteiger partial charge in [-0.3, -0.25) is 4.90 Å². The minimum atomic E-state index is 0.0513. The molecule has 5 rings (SSSR count). The second kappa shape index (κ2) is 9.51. The summed E-state index contributed by atoms with van der Waals surface area (Å²) in [5, 5.41) is 4.24. The molecule has 0 aromatic carbocycles. The van der Waals surface area contributed by atoms with Gasteiger partial charge in [-0.25, -0.2) is 14.8 Å². The van der Waals surface area contributed by atoms with E-state index < -0.39 is 0 Å². The highest BCUT2D eigenvalue weighted by atomic mass is 32.1. The zero-order valence-electron chi connectivity index (χ0n) is 19.5. The van der Waals surface area contributed by atoms with Crippen LogP contribution < -0.4 is 10.2 Å².